The highest BCUT2D eigenvalue weighted by molar-refractivity contribution is 8.00. The number of anilines is 1. The molecule has 1 atom stereocenters. The van der Waals surface area contributed by atoms with Crippen molar-refractivity contribution in [2.45, 2.75) is 23.5 Å². The summed E-state index contributed by atoms with van der Waals surface area (Å²) >= 11 is 1.47. The molecular weight excluding hydrogens is 598 g/mol. The van der Waals surface area contributed by atoms with Crippen molar-refractivity contribution >= 4 is 63.1 Å². The van der Waals surface area contributed by atoms with Gasteiger partial charge in [0, 0.05) is 26.9 Å². The second-order valence-electron chi connectivity index (χ2n) is 10.6. The van der Waals surface area contributed by atoms with Gasteiger partial charge in [0.15, 0.2) is 0 Å². The van der Waals surface area contributed by atoms with Gasteiger partial charge in [0.1, 0.15) is 11.5 Å². The molecule has 8 heteroatoms. The van der Waals surface area contributed by atoms with E-state index in [2.05, 4.69) is 10.6 Å². The fourth-order valence-corrected chi connectivity index (χ4v) is 6.25. The zero-order valence-corrected chi connectivity index (χ0v) is 25.8. The van der Waals surface area contributed by atoms with Crippen LogP contribution in [0.2, 0.25) is 0 Å². The van der Waals surface area contributed by atoms with Gasteiger partial charge in [0.05, 0.1) is 16.3 Å². The minimum Gasteiger partial charge on any atom is -0.321 e. The van der Waals surface area contributed by atoms with Crippen LogP contribution >= 0.6 is 11.8 Å². The first kappa shape index (κ1) is 30.6. The van der Waals surface area contributed by atoms with Gasteiger partial charge in [-0.2, -0.15) is 0 Å². The zero-order valence-electron chi connectivity index (χ0n) is 24.9. The average molecular weight is 628 g/mol. The molecule has 0 bridgehead atoms. The van der Waals surface area contributed by atoms with Crippen molar-refractivity contribution in [3.05, 3.63) is 150 Å². The highest BCUT2D eigenvalue weighted by atomic mass is 32.2. The zero-order chi connectivity index (χ0) is 32.0. The molecule has 0 fully saturated rings. The maximum atomic E-state index is 13.9. The Morgan fingerprint density at radius 3 is 1.96 bits per heavy atom. The number of fused-ring (bicyclic) bond motifs is 3. The van der Waals surface area contributed by atoms with Crippen molar-refractivity contribution in [1.82, 2.24) is 9.88 Å². The highest BCUT2D eigenvalue weighted by Gasteiger charge is 2.24. The van der Waals surface area contributed by atoms with Crippen LogP contribution in [0.15, 0.2) is 138 Å². The van der Waals surface area contributed by atoms with E-state index in [1.54, 1.807) is 42.5 Å². The molecule has 0 aliphatic carbocycles. The van der Waals surface area contributed by atoms with E-state index in [1.807, 2.05) is 72.2 Å². The third-order valence-electron chi connectivity index (χ3n) is 7.55. The monoisotopic (exact) mass is 627 g/mol. The molecule has 6 rings (SSSR count). The van der Waals surface area contributed by atoms with Crippen LogP contribution in [0, 0.1) is 5.82 Å². The summed E-state index contributed by atoms with van der Waals surface area (Å²) in [4.78, 5) is 41.1. The van der Waals surface area contributed by atoms with Gasteiger partial charge in [-0.15, -0.1) is 11.8 Å². The normalized spacial score (nSPS) is 12.2. The molecule has 0 aliphatic heterocycles. The van der Waals surface area contributed by atoms with E-state index >= 15 is 0 Å². The number of thioether (sulfide) groups is 1. The molecule has 46 heavy (non-hydrogen) atoms. The molecular formula is C38H30FN3O3S. The first-order chi connectivity index (χ1) is 22.4. The summed E-state index contributed by atoms with van der Waals surface area (Å²) in [6.07, 6.45) is 2.12. The Bertz CT molecular complexity index is 2020. The lowest BCUT2D eigenvalue weighted by Crippen LogP contribution is -2.30. The lowest BCUT2D eigenvalue weighted by Gasteiger charge is -2.16. The Balaban J connectivity index is 1.19. The van der Waals surface area contributed by atoms with E-state index in [9.17, 15) is 18.8 Å². The predicted molar refractivity (Wildman–Crippen MR) is 183 cm³/mol. The van der Waals surface area contributed by atoms with Crippen molar-refractivity contribution in [3.63, 3.8) is 0 Å². The number of nitrogens with zero attached hydrogens (tertiary/aromatic N) is 1. The van der Waals surface area contributed by atoms with E-state index in [1.165, 1.54) is 42.1 Å². The smallest absolute Gasteiger partial charge is 0.272 e. The van der Waals surface area contributed by atoms with Gasteiger partial charge >= 0.3 is 0 Å². The number of hydrogen-bond donors (Lipinski definition) is 2. The van der Waals surface area contributed by atoms with E-state index in [0.29, 0.717) is 23.2 Å². The molecule has 2 amide bonds. The third-order valence-corrected chi connectivity index (χ3v) is 8.91. The Labute approximate surface area is 269 Å². The first-order valence-corrected chi connectivity index (χ1v) is 15.7. The predicted octanol–water partition coefficient (Wildman–Crippen LogP) is 8.55. The number of halogens is 1. The summed E-state index contributed by atoms with van der Waals surface area (Å²) < 4.78 is 15.3. The van der Waals surface area contributed by atoms with E-state index < -0.39 is 17.6 Å². The van der Waals surface area contributed by atoms with Crippen molar-refractivity contribution in [1.29, 1.82) is 0 Å². The summed E-state index contributed by atoms with van der Waals surface area (Å²) in [6, 6.07) is 37.3. The second-order valence-corrected chi connectivity index (χ2v) is 11.9. The molecule has 0 aliphatic rings. The van der Waals surface area contributed by atoms with Crippen LogP contribution in [0.25, 0.3) is 27.9 Å². The van der Waals surface area contributed by atoms with Crippen molar-refractivity contribution in [3.8, 4) is 0 Å². The van der Waals surface area contributed by atoms with Gasteiger partial charge < -0.3 is 10.6 Å². The quantitative estimate of drug-likeness (QED) is 0.124. The lowest BCUT2D eigenvalue weighted by atomic mass is 10.1. The third kappa shape index (κ3) is 6.62. The molecule has 0 radical (unpaired) electrons. The molecule has 1 heterocycles. The first-order valence-electron chi connectivity index (χ1n) is 14.9. The minimum absolute atomic E-state index is 0.00160. The van der Waals surface area contributed by atoms with Gasteiger partial charge in [-0.05, 0) is 78.7 Å². The van der Waals surface area contributed by atoms with Crippen molar-refractivity contribution in [2.75, 3.05) is 5.32 Å². The molecule has 0 saturated heterocycles. The van der Waals surface area contributed by atoms with Crippen LogP contribution in [0.5, 0.6) is 0 Å². The van der Waals surface area contributed by atoms with Crippen LogP contribution in [0.3, 0.4) is 0 Å². The number of rotatable bonds is 9. The van der Waals surface area contributed by atoms with Gasteiger partial charge in [-0.1, -0.05) is 73.7 Å². The molecule has 6 nitrogen and oxygen atoms in total. The summed E-state index contributed by atoms with van der Waals surface area (Å²) in [6.45, 7) is 2.00. The van der Waals surface area contributed by atoms with Gasteiger partial charge in [-0.25, -0.2) is 4.39 Å². The number of aromatic nitrogens is 1. The van der Waals surface area contributed by atoms with Crippen LogP contribution in [0.4, 0.5) is 10.1 Å². The molecule has 228 valence electrons. The van der Waals surface area contributed by atoms with E-state index in [0.717, 1.165) is 26.7 Å². The number of hydrogen-bond acceptors (Lipinski definition) is 4. The molecule has 1 unspecified atom stereocenters. The number of carbonyl (C=O) groups excluding carboxylic acids is 3. The fourth-order valence-electron chi connectivity index (χ4n) is 5.26. The average Bonchev–Trinajstić information content (AvgIpc) is 3.43. The molecule has 1 aromatic heterocycles. The number of benzene rings is 5. The standard InChI is InChI=1S/C38H30FN3O3S/c1-2-35(38(45)42-33-14-8-6-12-30(33)31-13-7-9-15-34(31)42)46-29-22-20-28(21-23-29)40-37(44)32(24-25-16-18-27(39)19-17-25)41-36(43)26-10-4-3-5-11-26/h3-24,35H,2H2,1H3,(H,40,44)(H,41,43)/b32-24-. The molecule has 0 saturated carbocycles. The van der Waals surface area contributed by atoms with Gasteiger partial charge in [0.25, 0.3) is 11.8 Å². The molecule has 0 spiro atoms. The van der Waals surface area contributed by atoms with Crippen LogP contribution in [-0.4, -0.2) is 27.5 Å². The molecule has 2 N–H and O–H groups in total. The Kier molecular flexibility index (Phi) is 9.08. The largest absolute Gasteiger partial charge is 0.321 e. The number of amides is 2. The maximum absolute atomic E-state index is 13.9. The van der Waals surface area contributed by atoms with Crippen LogP contribution < -0.4 is 10.6 Å². The lowest BCUT2D eigenvalue weighted by molar-refractivity contribution is -0.113. The van der Waals surface area contributed by atoms with Gasteiger partial charge in [-0.3, -0.25) is 19.0 Å². The summed E-state index contributed by atoms with van der Waals surface area (Å²) in [5, 5.41) is 7.27. The van der Waals surface area contributed by atoms with Crippen LogP contribution in [-0.2, 0) is 4.79 Å². The summed E-state index contributed by atoms with van der Waals surface area (Å²) in [7, 11) is 0. The Morgan fingerprint density at radius 1 is 0.761 bits per heavy atom. The molecule has 6 aromatic rings. The van der Waals surface area contributed by atoms with E-state index in [-0.39, 0.29) is 16.9 Å². The topological polar surface area (TPSA) is 80.2 Å². The number of carbonyl (C=O) groups is 3. The Hall–Kier alpha value is -5.47. The summed E-state index contributed by atoms with van der Waals surface area (Å²) in [5.74, 6) is -1.39. The van der Waals surface area contributed by atoms with Gasteiger partial charge in [0.2, 0.25) is 5.91 Å². The minimum atomic E-state index is -0.540. The second kappa shape index (κ2) is 13.7. The van der Waals surface area contributed by atoms with Crippen LogP contribution in [0.1, 0.15) is 34.1 Å². The number of nitrogens with one attached hydrogen (secondary N) is 2. The summed E-state index contributed by atoms with van der Waals surface area (Å²) in [5.41, 5.74) is 3.22. The van der Waals surface area contributed by atoms with E-state index in [4.69, 9.17) is 0 Å². The molecule has 5 aromatic carbocycles. The van der Waals surface area contributed by atoms with Crippen molar-refractivity contribution in [2.24, 2.45) is 0 Å². The highest BCUT2D eigenvalue weighted by Crippen LogP contribution is 2.33. The van der Waals surface area contributed by atoms with Crippen molar-refractivity contribution < 1.29 is 18.8 Å². The Morgan fingerprint density at radius 2 is 1.35 bits per heavy atom. The fraction of sp³-hybridized carbons (Fsp3) is 0.0789. The maximum Gasteiger partial charge on any atom is 0.272 e. The number of para-hydroxylation sites is 2. The SMILES string of the molecule is CCC(Sc1ccc(NC(=O)/C(=C/c2ccc(F)cc2)NC(=O)c2ccccc2)cc1)C(=O)n1c2ccccc2c2ccccc21.